The first-order valence-electron chi connectivity index (χ1n) is 6.01. The van der Waals surface area contributed by atoms with Gasteiger partial charge in [0, 0.05) is 41.8 Å². The molecule has 19 heavy (non-hydrogen) atoms. The number of amides is 2. The van der Waals surface area contributed by atoms with Gasteiger partial charge in [-0.3, -0.25) is 14.5 Å². The Morgan fingerprint density at radius 1 is 1.32 bits per heavy atom. The Morgan fingerprint density at radius 2 is 2.00 bits per heavy atom. The van der Waals surface area contributed by atoms with Gasteiger partial charge in [-0.15, -0.1) is 11.8 Å². The van der Waals surface area contributed by atoms with E-state index in [0.717, 1.165) is 4.90 Å². The van der Waals surface area contributed by atoms with Crippen LogP contribution in [-0.2, 0) is 9.59 Å². The van der Waals surface area contributed by atoms with Crippen molar-refractivity contribution >= 4 is 29.3 Å². The Bertz CT molecular complexity index is 489. The van der Waals surface area contributed by atoms with E-state index < -0.39 is 0 Å². The highest BCUT2D eigenvalue weighted by atomic mass is 32.2. The number of anilines is 1. The number of hydrogen-bond donors (Lipinski definition) is 1. The minimum atomic E-state index is -0.0742. The number of rotatable bonds is 5. The smallest absolute Gasteiger partial charge is 0.229 e. The average molecular weight is 280 g/mol. The van der Waals surface area contributed by atoms with Crippen molar-refractivity contribution in [2.24, 2.45) is 0 Å². The van der Waals surface area contributed by atoms with Gasteiger partial charge < -0.3 is 10.5 Å². The molecule has 0 spiro atoms. The van der Waals surface area contributed by atoms with E-state index >= 15 is 0 Å². The Labute approximate surface area is 116 Å². The van der Waals surface area contributed by atoms with Crippen molar-refractivity contribution in [1.29, 1.82) is 0 Å². The Morgan fingerprint density at radius 3 is 2.63 bits per heavy atom. The predicted molar refractivity (Wildman–Crippen MR) is 74.1 cm³/mol. The fourth-order valence-corrected chi connectivity index (χ4v) is 2.87. The van der Waals surface area contributed by atoms with Gasteiger partial charge in [0.25, 0.3) is 0 Å². The van der Waals surface area contributed by atoms with E-state index in [4.69, 9.17) is 10.5 Å². The summed E-state index contributed by atoms with van der Waals surface area (Å²) in [6, 6.07) is 5.44. The number of carbonyl (C=O) groups excluding carboxylic acids is 2. The maximum atomic E-state index is 11.4. The van der Waals surface area contributed by atoms with Crippen LogP contribution in [0.4, 0.5) is 5.69 Å². The molecular formula is C13H16N2O3S. The molecule has 102 valence electrons. The number of benzene rings is 1. The third kappa shape index (κ3) is 3.20. The first-order valence-corrected chi connectivity index (χ1v) is 7.00. The van der Waals surface area contributed by atoms with Crippen molar-refractivity contribution in [2.75, 3.05) is 25.1 Å². The minimum Gasteiger partial charge on any atom is -0.496 e. The van der Waals surface area contributed by atoms with Gasteiger partial charge in [0.2, 0.25) is 11.8 Å². The van der Waals surface area contributed by atoms with Crippen LogP contribution in [-0.4, -0.2) is 36.1 Å². The highest BCUT2D eigenvalue weighted by Crippen LogP contribution is 2.31. The fourth-order valence-electron chi connectivity index (χ4n) is 1.92. The number of ether oxygens (including phenoxy) is 1. The average Bonchev–Trinajstić information content (AvgIpc) is 2.71. The predicted octanol–water partition coefficient (Wildman–Crippen LogP) is 1.52. The molecule has 0 aliphatic carbocycles. The fraction of sp³-hybridized carbons (Fsp3) is 0.385. The lowest BCUT2D eigenvalue weighted by molar-refractivity contribution is -0.137. The van der Waals surface area contributed by atoms with Crippen molar-refractivity contribution in [3.63, 3.8) is 0 Å². The number of nitrogens with zero attached hydrogens (tertiary/aromatic N) is 1. The number of likely N-dealkylation sites (tertiary alicyclic amines) is 1. The maximum Gasteiger partial charge on any atom is 0.229 e. The van der Waals surface area contributed by atoms with Crippen molar-refractivity contribution < 1.29 is 14.3 Å². The van der Waals surface area contributed by atoms with Crippen LogP contribution >= 0.6 is 11.8 Å². The molecule has 0 bridgehead atoms. The van der Waals surface area contributed by atoms with Crippen molar-refractivity contribution in [2.45, 2.75) is 17.7 Å². The van der Waals surface area contributed by atoms with Gasteiger partial charge in [0.15, 0.2) is 0 Å². The van der Waals surface area contributed by atoms with Gasteiger partial charge in [-0.25, -0.2) is 0 Å². The second kappa shape index (κ2) is 5.97. The van der Waals surface area contributed by atoms with E-state index in [1.807, 2.05) is 6.07 Å². The van der Waals surface area contributed by atoms with Gasteiger partial charge in [0.05, 0.1) is 7.11 Å². The second-order valence-electron chi connectivity index (χ2n) is 4.20. The van der Waals surface area contributed by atoms with Gasteiger partial charge in [-0.05, 0) is 12.1 Å². The normalized spacial score (nSPS) is 15.1. The summed E-state index contributed by atoms with van der Waals surface area (Å²) in [6.45, 7) is 0.440. The van der Waals surface area contributed by atoms with E-state index in [2.05, 4.69) is 0 Å². The summed E-state index contributed by atoms with van der Waals surface area (Å²) in [4.78, 5) is 25.2. The monoisotopic (exact) mass is 280 g/mol. The maximum absolute atomic E-state index is 11.4. The number of imide groups is 1. The first-order chi connectivity index (χ1) is 9.11. The Kier molecular flexibility index (Phi) is 4.31. The Balaban J connectivity index is 1.92. The summed E-state index contributed by atoms with van der Waals surface area (Å²) in [5, 5.41) is 0. The third-order valence-electron chi connectivity index (χ3n) is 2.91. The lowest BCUT2D eigenvalue weighted by Gasteiger charge is -2.14. The van der Waals surface area contributed by atoms with Crippen LogP contribution in [0, 0.1) is 0 Å². The van der Waals surface area contributed by atoms with Crippen molar-refractivity contribution in [3.05, 3.63) is 18.2 Å². The zero-order valence-corrected chi connectivity index (χ0v) is 11.5. The lowest BCUT2D eigenvalue weighted by Crippen LogP contribution is -2.31. The molecule has 1 heterocycles. The molecule has 2 amide bonds. The Hall–Kier alpha value is -1.69. The molecule has 0 unspecified atom stereocenters. The second-order valence-corrected chi connectivity index (χ2v) is 5.33. The van der Waals surface area contributed by atoms with Crippen molar-refractivity contribution in [1.82, 2.24) is 4.90 Å². The molecule has 0 saturated carbocycles. The highest BCUT2D eigenvalue weighted by Gasteiger charge is 2.28. The molecular weight excluding hydrogens is 264 g/mol. The van der Waals surface area contributed by atoms with Crippen molar-refractivity contribution in [3.8, 4) is 5.75 Å². The molecule has 2 N–H and O–H groups in total. The molecule has 2 rings (SSSR count). The van der Waals surface area contributed by atoms with Gasteiger partial charge >= 0.3 is 0 Å². The summed E-state index contributed by atoms with van der Waals surface area (Å²) < 4.78 is 5.24. The number of methoxy groups -OCH3 is 1. The van der Waals surface area contributed by atoms with Gasteiger partial charge in [-0.2, -0.15) is 0 Å². The molecule has 1 aliphatic heterocycles. The topological polar surface area (TPSA) is 72.6 Å². The van der Waals surface area contributed by atoms with Crippen LogP contribution in [0.1, 0.15) is 12.8 Å². The van der Waals surface area contributed by atoms with E-state index in [-0.39, 0.29) is 11.8 Å². The van der Waals surface area contributed by atoms with Crippen LogP contribution < -0.4 is 10.5 Å². The third-order valence-corrected chi connectivity index (χ3v) is 3.95. The summed E-state index contributed by atoms with van der Waals surface area (Å²) >= 11 is 1.54. The summed E-state index contributed by atoms with van der Waals surface area (Å²) in [5.41, 5.74) is 6.33. The lowest BCUT2D eigenvalue weighted by atomic mass is 10.3. The summed E-state index contributed by atoms with van der Waals surface area (Å²) in [5.74, 6) is 1.21. The van der Waals surface area contributed by atoms with Crippen LogP contribution in [0.15, 0.2) is 23.1 Å². The van der Waals surface area contributed by atoms with Crippen LogP contribution in [0.5, 0.6) is 5.75 Å². The number of carbonyl (C=O) groups is 2. The number of nitrogens with two attached hydrogens (primary N) is 1. The zero-order valence-electron chi connectivity index (χ0n) is 10.7. The molecule has 1 saturated heterocycles. The zero-order chi connectivity index (χ0) is 13.8. The van der Waals surface area contributed by atoms with E-state index in [1.165, 1.54) is 4.90 Å². The van der Waals surface area contributed by atoms with Crippen LogP contribution in [0.3, 0.4) is 0 Å². The molecule has 1 aromatic rings. The van der Waals surface area contributed by atoms with Crippen LogP contribution in [0.2, 0.25) is 0 Å². The molecule has 0 aromatic heterocycles. The quantitative estimate of drug-likeness (QED) is 0.503. The summed E-state index contributed by atoms with van der Waals surface area (Å²) in [6.07, 6.45) is 0.684. The van der Waals surface area contributed by atoms with E-state index in [1.54, 1.807) is 31.0 Å². The molecule has 1 aromatic carbocycles. The minimum absolute atomic E-state index is 0.0742. The van der Waals surface area contributed by atoms with Crippen LogP contribution in [0.25, 0.3) is 0 Å². The highest BCUT2D eigenvalue weighted by molar-refractivity contribution is 7.99. The number of thioether (sulfide) groups is 1. The largest absolute Gasteiger partial charge is 0.496 e. The number of hydrogen-bond acceptors (Lipinski definition) is 5. The molecule has 1 aliphatic rings. The van der Waals surface area contributed by atoms with Gasteiger partial charge in [-0.1, -0.05) is 0 Å². The summed E-state index contributed by atoms with van der Waals surface area (Å²) in [7, 11) is 1.59. The van der Waals surface area contributed by atoms with E-state index in [9.17, 15) is 9.59 Å². The molecule has 1 fully saturated rings. The molecule has 0 radical (unpaired) electrons. The number of nitrogen functional groups attached to an aromatic ring is 1. The standard InChI is InChI=1S/C13H16N2O3S/c1-18-10-8-9(14)2-3-11(10)19-7-6-15-12(16)4-5-13(15)17/h2-3,8H,4-7,14H2,1H3. The van der Waals surface area contributed by atoms with E-state index in [0.29, 0.717) is 36.6 Å². The molecule has 6 heteroatoms. The van der Waals surface area contributed by atoms with Gasteiger partial charge in [0.1, 0.15) is 5.75 Å². The molecule has 5 nitrogen and oxygen atoms in total. The SMILES string of the molecule is COc1cc(N)ccc1SCCN1C(=O)CCC1=O. The first kappa shape index (κ1) is 13.7. The molecule has 0 atom stereocenters.